The first kappa shape index (κ1) is 19.6. The lowest BCUT2D eigenvalue weighted by molar-refractivity contribution is 0.174. The SMILES string of the molecule is COc1ccccc1C(NCc1csc(-c2ccc3c(c2)OCO3)n1)c1nccn1C. The fourth-order valence-electron chi connectivity index (χ4n) is 3.66. The van der Waals surface area contributed by atoms with Crippen LogP contribution in [0.25, 0.3) is 10.6 Å². The Labute approximate surface area is 184 Å². The van der Waals surface area contributed by atoms with Crippen molar-refractivity contribution in [1.29, 1.82) is 0 Å². The molecule has 0 spiro atoms. The van der Waals surface area contributed by atoms with Gasteiger partial charge in [-0.3, -0.25) is 5.32 Å². The molecule has 0 bridgehead atoms. The molecule has 5 rings (SSSR count). The summed E-state index contributed by atoms with van der Waals surface area (Å²) in [5.74, 6) is 3.27. The molecule has 0 aliphatic carbocycles. The van der Waals surface area contributed by atoms with Crippen LogP contribution in [0.5, 0.6) is 17.2 Å². The molecule has 1 unspecified atom stereocenters. The predicted octanol–water partition coefficient (Wildman–Crippen LogP) is 4.16. The van der Waals surface area contributed by atoms with Crippen molar-refractivity contribution in [3.63, 3.8) is 0 Å². The molecule has 31 heavy (non-hydrogen) atoms. The standard InChI is InChI=1S/C23H22N4O3S/c1-27-10-9-24-22(27)21(17-5-3-4-6-18(17)28-2)25-12-16-13-31-23(26-16)15-7-8-19-20(11-15)30-14-29-19/h3-11,13,21,25H,12,14H2,1-2H3. The molecule has 0 radical (unpaired) electrons. The third kappa shape index (κ3) is 3.87. The first-order chi connectivity index (χ1) is 15.2. The summed E-state index contributed by atoms with van der Waals surface area (Å²) < 4.78 is 18.5. The molecule has 3 heterocycles. The summed E-state index contributed by atoms with van der Waals surface area (Å²) in [4.78, 5) is 9.39. The number of hydrogen-bond acceptors (Lipinski definition) is 7. The van der Waals surface area contributed by atoms with Gasteiger partial charge in [-0.05, 0) is 24.3 Å². The lowest BCUT2D eigenvalue weighted by Crippen LogP contribution is -2.25. The van der Waals surface area contributed by atoms with Crippen LogP contribution in [-0.2, 0) is 13.6 Å². The maximum atomic E-state index is 5.60. The predicted molar refractivity (Wildman–Crippen MR) is 119 cm³/mol. The van der Waals surface area contributed by atoms with E-state index in [-0.39, 0.29) is 12.8 Å². The Morgan fingerprint density at radius 1 is 1.19 bits per heavy atom. The van der Waals surface area contributed by atoms with Gasteiger partial charge in [-0.25, -0.2) is 9.97 Å². The number of aryl methyl sites for hydroxylation is 1. The van der Waals surface area contributed by atoms with E-state index >= 15 is 0 Å². The topological polar surface area (TPSA) is 70.4 Å². The Morgan fingerprint density at radius 2 is 2.06 bits per heavy atom. The molecule has 4 aromatic rings. The number of benzene rings is 2. The summed E-state index contributed by atoms with van der Waals surface area (Å²) in [7, 11) is 3.68. The van der Waals surface area contributed by atoms with Crippen LogP contribution in [0.4, 0.5) is 0 Å². The molecule has 1 N–H and O–H groups in total. The van der Waals surface area contributed by atoms with Crippen LogP contribution >= 0.6 is 11.3 Å². The summed E-state index contributed by atoms with van der Waals surface area (Å²) in [5, 5.41) is 6.63. The van der Waals surface area contributed by atoms with E-state index in [2.05, 4.69) is 21.7 Å². The van der Waals surface area contributed by atoms with E-state index in [1.807, 2.05) is 54.2 Å². The van der Waals surface area contributed by atoms with E-state index in [4.69, 9.17) is 19.2 Å². The van der Waals surface area contributed by atoms with Crippen LogP contribution in [0.2, 0.25) is 0 Å². The van der Waals surface area contributed by atoms with Gasteiger partial charge in [-0.15, -0.1) is 11.3 Å². The van der Waals surface area contributed by atoms with Crippen LogP contribution in [0, 0.1) is 0 Å². The summed E-state index contributed by atoms with van der Waals surface area (Å²) >= 11 is 1.61. The minimum atomic E-state index is -0.133. The average Bonchev–Trinajstić information content (AvgIpc) is 3.55. The maximum Gasteiger partial charge on any atom is 0.231 e. The fourth-order valence-corrected chi connectivity index (χ4v) is 4.47. The van der Waals surface area contributed by atoms with E-state index in [1.54, 1.807) is 24.6 Å². The van der Waals surface area contributed by atoms with E-state index in [1.165, 1.54) is 0 Å². The zero-order valence-corrected chi connectivity index (χ0v) is 18.1. The van der Waals surface area contributed by atoms with Crippen molar-refractivity contribution in [2.75, 3.05) is 13.9 Å². The number of thiazole rings is 1. The Balaban J connectivity index is 1.38. The van der Waals surface area contributed by atoms with E-state index < -0.39 is 0 Å². The number of nitrogens with one attached hydrogen (secondary N) is 1. The van der Waals surface area contributed by atoms with Gasteiger partial charge in [0.25, 0.3) is 0 Å². The minimum absolute atomic E-state index is 0.133. The van der Waals surface area contributed by atoms with Crippen molar-refractivity contribution < 1.29 is 14.2 Å². The number of nitrogens with zero attached hydrogens (tertiary/aromatic N) is 3. The second kappa shape index (κ2) is 8.41. The third-order valence-electron chi connectivity index (χ3n) is 5.23. The van der Waals surface area contributed by atoms with Crippen molar-refractivity contribution in [3.05, 3.63) is 77.3 Å². The third-order valence-corrected chi connectivity index (χ3v) is 6.17. The molecule has 158 valence electrons. The van der Waals surface area contributed by atoms with Crippen LogP contribution < -0.4 is 19.5 Å². The van der Waals surface area contributed by atoms with E-state index in [0.717, 1.165) is 44.9 Å². The number of rotatable bonds is 7. The quantitative estimate of drug-likeness (QED) is 0.471. The average molecular weight is 435 g/mol. The second-order valence-corrected chi connectivity index (χ2v) is 8.02. The molecule has 7 nitrogen and oxygen atoms in total. The van der Waals surface area contributed by atoms with Gasteiger partial charge in [0, 0.05) is 42.5 Å². The van der Waals surface area contributed by atoms with Gasteiger partial charge < -0.3 is 18.8 Å². The monoisotopic (exact) mass is 434 g/mol. The highest BCUT2D eigenvalue weighted by Gasteiger charge is 2.22. The van der Waals surface area contributed by atoms with Crippen molar-refractivity contribution in [2.45, 2.75) is 12.6 Å². The molecule has 1 aliphatic rings. The number of aromatic nitrogens is 3. The summed E-state index contributed by atoms with van der Waals surface area (Å²) in [6.07, 6.45) is 3.75. The van der Waals surface area contributed by atoms with Crippen molar-refractivity contribution in [1.82, 2.24) is 19.9 Å². The fraction of sp³-hybridized carbons (Fsp3) is 0.217. The number of methoxy groups -OCH3 is 1. The maximum absolute atomic E-state index is 5.60. The Morgan fingerprint density at radius 3 is 2.90 bits per heavy atom. The lowest BCUT2D eigenvalue weighted by Gasteiger charge is -2.21. The van der Waals surface area contributed by atoms with Gasteiger partial charge in [-0.2, -0.15) is 0 Å². The molecule has 2 aromatic carbocycles. The van der Waals surface area contributed by atoms with E-state index in [9.17, 15) is 0 Å². The van der Waals surface area contributed by atoms with E-state index in [0.29, 0.717) is 6.54 Å². The zero-order valence-electron chi connectivity index (χ0n) is 17.2. The molecule has 0 fully saturated rings. The number of para-hydroxylation sites is 1. The lowest BCUT2D eigenvalue weighted by atomic mass is 10.0. The Kier molecular flexibility index (Phi) is 5.31. The Bertz CT molecular complexity index is 1200. The van der Waals surface area contributed by atoms with Gasteiger partial charge >= 0.3 is 0 Å². The number of hydrogen-bond donors (Lipinski definition) is 1. The smallest absolute Gasteiger partial charge is 0.231 e. The molecule has 1 atom stereocenters. The highest BCUT2D eigenvalue weighted by molar-refractivity contribution is 7.13. The van der Waals surface area contributed by atoms with Gasteiger partial charge in [0.1, 0.15) is 16.6 Å². The number of imidazole rings is 1. The molecule has 8 heteroatoms. The van der Waals surface area contributed by atoms with Crippen LogP contribution in [0.3, 0.4) is 0 Å². The number of ether oxygens (including phenoxy) is 3. The highest BCUT2D eigenvalue weighted by Crippen LogP contribution is 2.37. The van der Waals surface area contributed by atoms with Crippen LogP contribution in [0.1, 0.15) is 23.1 Å². The minimum Gasteiger partial charge on any atom is -0.496 e. The first-order valence-electron chi connectivity index (χ1n) is 9.91. The molecule has 0 saturated heterocycles. The highest BCUT2D eigenvalue weighted by atomic mass is 32.1. The van der Waals surface area contributed by atoms with Gasteiger partial charge in [0.05, 0.1) is 18.8 Å². The second-order valence-electron chi connectivity index (χ2n) is 7.16. The molecule has 1 aliphatic heterocycles. The van der Waals surface area contributed by atoms with Crippen molar-refractivity contribution >= 4 is 11.3 Å². The summed E-state index contributed by atoms with van der Waals surface area (Å²) in [6, 6.07) is 13.8. The zero-order chi connectivity index (χ0) is 21.2. The molecule has 0 amide bonds. The first-order valence-corrected chi connectivity index (χ1v) is 10.8. The van der Waals surface area contributed by atoms with Crippen molar-refractivity contribution in [2.24, 2.45) is 7.05 Å². The van der Waals surface area contributed by atoms with Gasteiger partial charge in [0.2, 0.25) is 6.79 Å². The Hall–Kier alpha value is -3.36. The largest absolute Gasteiger partial charge is 0.496 e. The molecule has 2 aromatic heterocycles. The number of fused-ring (bicyclic) bond motifs is 1. The normalized spacial score (nSPS) is 13.4. The van der Waals surface area contributed by atoms with Gasteiger partial charge in [-0.1, -0.05) is 18.2 Å². The van der Waals surface area contributed by atoms with Crippen LogP contribution in [-0.4, -0.2) is 28.4 Å². The van der Waals surface area contributed by atoms with Crippen molar-refractivity contribution in [3.8, 4) is 27.8 Å². The summed E-state index contributed by atoms with van der Waals surface area (Å²) in [5.41, 5.74) is 3.02. The van der Waals surface area contributed by atoms with Gasteiger partial charge in [0.15, 0.2) is 11.5 Å². The molecular weight excluding hydrogens is 412 g/mol. The molecule has 0 saturated carbocycles. The molecular formula is C23H22N4O3S. The van der Waals surface area contributed by atoms with Crippen LogP contribution in [0.15, 0.2) is 60.2 Å². The summed E-state index contributed by atoms with van der Waals surface area (Å²) in [6.45, 7) is 0.861.